The molecule has 2 aromatic carbocycles. The number of hydrogen-bond donors (Lipinski definition) is 0. The first-order valence-electron chi connectivity index (χ1n) is 9.98. The van der Waals surface area contributed by atoms with E-state index in [9.17, 15) is 23.6 Å². The van der Waals surface area contributed by atoms with Crippen molar-refractivity contribution in [3.05, 3.63) is 70.5 Å². The second kappa shape index (κ2) is 8.39. The Hall–Kier alpha value is -3.39. The highest BCUT2D eigenvalue weighted by atomic mass is 19.1. The molecule has 2 aliphatic heterocycles. The van der Waals surface area contributed by atoms with Crippen LogP contribution in [0, 0.1) is 5.82 Å². The summed E-state index contributed by atoms with van der Waals surface area (Å²) in [6.45, 7) is 2.20. The van der Waals surface area contributed by atoms with Gasteiger partial charge in [-0.25, -0.2) is 9.18 Å². The van der Waals surface area contributed by atoms with Crippen LogP contribution in [0.25, 0.3) is 0 Å². The fraction of sp³-hybridized carbons (Fsp3) is 0.304. The number of carbonyl (C=O) groups excluding carboxylic acids is 4. The average molecular weight is 425 g/mol. The minimum absolute atomic E-state index is 0.0534. The first kappa shape index (κ1) is 20.9. The second-order valence-electron chi connectivity index (χ2n) is 7.53. The summed E-state index contributed by atoms with van der Waals surface area (Å²) in [6.07, 6.45) is 0.383. The Labute approximate surface area is 177 Å². The van der Waals surface area contributed by atoms with Crippen LogP contribution in [0.5, 0.6) is 0 Å². The molecule has 2 aromatic rings. The minimum Gasteiger partial charge on any atom is -0.451 e. The molecular formula is C23H20FNO6. The van der Waals surface area contributed by atoms with Crippen molar-refractivity contribution in [2.75, 3.05) is 13.2 Å². The van der Waals surface area contributed by atoms with Gasteiger partial charge in [0.2, 0.25) is 5.78 Å². The lowest BCUT2D eigenvalue weighted by atomic mass is 10.1. The third-order valence-corrected chi connectivity index (χ3v) is 5.40. The van der Waals surface area contributed by atoms with Crippen molar-refractivity contribution in [3.63, 3.8) is 0 Å². The van der Waals surface area contributed by atoms with Crippen LogP contribution in [0.1, 0.15) is 61.2 Å². The number of rotatable bonds is 6. The van der Waals surface area contributed by atoms with Crippen LogP contribution in [-0.4, -0.2) is 53.8 Å². The molecule has 31 heavy (non-hydrogen) atoms. The number of amides is 2. The van der Waals surface area contributed by atoms with Crippen molar-refractivity contribution >= 4 is 23.6 Å². The molecule has 7 nitrogen and oxygen atoms in total. The zero-order valence-electron chi connectivity index (χ0n) is 16.8. The van der Waals surface area contributed by atoms with Crippen molar-refractivity contribution in [1.82, 2.24) is 4.90 Å². The SMILES string of the molecule is CC(OC(=O)c1ccc2c(c1)C(=O)N(CC1CCCO1)C2=O)C(=O)c1ccc(F)cc1. The van der Waals surface area contributed by atoms with E-state index >= 15 is 0 Å². The number of fused-ring (bicyclic) bond motifs is 1. The van der Waals surface area contributed by atoms with Crippen LogP contribution in [0.4, 0.5) is 4.39 Å². The van der Waals surface area contributed by atoms with Crippen LogP contribution >= 0.6 is 0 Å². The second-order valence-corrected chi connectivity index (χ2v) is 7.53. The lowest BCUT2D eigenvalue weighted by Gasteiger charge is -2.17. The van der Waals surface area contributed by atoms with Crippen LogP contribution < -0.4 is 0 Å². The van der Waals surface area contributed by atoms with Gasteiger partial charge in [0.15, 0.2) is 6.10 Å². The average Bonchev–Trinajstić information content (AvgIpc) is 3.36. The maximum Gasteiger partial charge on any atom is 0.338 e. The van der Waals surface area contributed by atoms with Crippen molar-refractivity contribution in [3.8, 4) is 0 Å². The van der Waals surface area contributed by atoms with Gasteiger partial charge in [-0.2, -0.15) is 0 Å². The summed E-state index contributed by atoms with van der Waals surface area (Å²) < 4.78 is 23.8. The Morgan fingerprint density at radius 1 is 1.10 bits per heavy atom. The number of halogens is 1. The summed E-state index contributed by atoms with van der Waals surface area (Å²) in [6, 6.07) is 9.02. The fourth-order valence-corrected chi connectivity index (χ4v) is 3.71. The highest BCUT2D eigenvalue weighted by Gasteiger charge is 2.38. The van der Waals surface area contributed by atoms with Gasteiger partial charge in [0.1, 0.15) is 5.82 Å². The van der Waals surface area contributed by atoms with E-state index in [1.54, 1.807) is 0 Å². The Kier molecular flexibility index (Phi) is 5.65. The summed E-state index contributed by atoms with van der Waals surface area (Å²) in [5, 5.41) is 0. The lowest BCUT2D eigenvalue weighted by Crippen LogP contribution is -2.36. The summed E-state index contributed by atoms with van der Waals surface area (Å²) in [5.41, 5.74) is 0.601. The summed E-state index contributed by atoms with van der Waals surface area (Å²) in [7, 11) is 0. The first-order chi connectivity index (χ1) is 14.8. The lowest BCUT2D eigenvalue weighted by molar-refractivity contribution is 0.0318. The molecule has 2 atom stereocenters. The quantitative estimate of drug-likeness (QED) is 0.402. The highest BCUT2D eigenvalue weighted by Crippen LogP contribution is 2.26. The van der Waals surface area contributed by atoms with E-state index in [0.29, 0.717) is 6.61 Å². The maximum absolute atomic E-state index is 13.0. The number of esters is 1. The Bertz CT molecular complexity index is 1060. The van der Waals surface area contributed by atoms with Crippen molar-refractivity contribution in [2.45, 2.75) is 32.0 Å². The van der Waals surface area contributed by atoms with Crippen LogP contribution in [0.2, 0.25) is 0 Å². The topological polar surface area (TPSA) is 90.0 Å². The van der Waals surface area contributed by atoms with E-state index in [1.165, 1.54) is 37.3 Å². The van der Waals surface area contributed by atoms with Crippen LogP contribution in [0.3, 0.4) is 0 Å². The normalized spacial score (nSPS) is 18.8. The third kappa shape index (κ3) is 4.11. The first-order valence-corrected chi connectivity index (χ1v) is 9.98. The molecule has 2 unspecified atom stereocenters. The molecule has 0 aliphatic carbocycles. The molecule has 1 saturated heterocycles. The zero-order chi connectivity index (χ0) is 22.1. The number of nitrogens with zero attached hydrogens (tertiary/aromatic N) is 1. The molecule has 2 amide bonds. The Morgan fingerprint density at radius 2 is 1.77 bits per heavy atom. The number of benzene rings is 2. The molecule has 4 rings (SSSR count). The van der Waals surface area contributed by atoms with Gasteiger partial charge < -0.3 is 9.47 Å². The summed E-state index contributed by atoms with van der Waals surface area (Å²) in [4.78, 5) is 51.4. The monoisotopic (exact) mass is 425 g/mol. The predicted molar refractivity (Wildman–Crippen MR) is 106 cm³/mol. The number of Topliss-reactive ketones (excluding diaryl/α,β-unsaturated/α-hetero) is 1. The third-order valence-electron chi connectivity index (χ3n) is 5.40. The van der Waals surface area contributed by atoms with Crippen molar-refractivity contribution in [1.29, 1.82) is 0 Å². The largest absolute Gasteiger partial charge is 0.451 e. The Morgan fingerprint density at radius 3 is 2.45 bits per heavy atom. The summed E-state index contributed by atoms with van der Waals surface area (Å²) in [5.74, 6) is -2.67. The molecular weight excluding hydrogens is 405 g/mol. The Balaban J connectivity index is 1.46. The van der Waals surface area contributed by atoms with Gasteiger partial charge in [-0.05, 0) is 62.2 Å². The minimum atomic E-state index is -1.11. The highest BCUT2D eigenvalue weighted by molar-refractivity contribution is 6.22. The van der Waals surface area contributed by atoms with Crippen LogP contribution in [-0.2, 0) is 9.47 Å². The molecule has 0 radical (unpaired) electrons. The van der Waals surface area contributed by atoms with E-state index in [4.69, 9.17) is 9.47 Å². The summed E-state index contributed by atoms with van der Waals surface area (Å²) >= 11 is 0. The van der Waals surface area contributed by atoms with E-state index in [1.807, 2.05) is 0 Å². The molecule has 0 N–H and O–H groups in total. The molecule has 1 fully saturated rings. The van der Waals surface area contributed by atoms with E-state index in [0.717, 1.165) is 29.9 Å². The molecule has 0 saturated carbocycles. The molecule has 8 heteroatoms. The smallest absolute Gasteiger partial charge is 0.338 e. The molecule has 0 spiro atoms. The van der Waals surface area contributed by atoms with Gasteiger partial charge in [0, 0.05) is 12.2 Å². The number of carbonyl (C=O) groups is 4. The molecule has 2 heterocycles. The van der Waals surface area contributed by atoms with E-state index in [-0.39, 0.29) is 34.9 Å². The van der Waals surface area contributed by atoms with Gasteiger partial charge in [-0.15, -0.1) is 0 Å². The molecule has 0 aromatic heterocycles. The van der Waals surface area contributed by atoms with Crippen molar-refractivity contribution in [2.24, 2.45) is 0 Å². The number of ether oxygens (including phenoxy) is 2. The van der Waals surface area contributed by atoms with Gasteiger partial charge in [-0.1, -0.05) is 0 Å². The van der Waals surface area contributed by atoms with Crippen molar-refractivity contribution < 1.29 is 33.0 Å². The number of ketones is 1. The predicted octanol–water partition coefficient (Wildman–Crippen LogP) is 3.03. The maximum atomic E-state index is 13.0. The van der Waals surface area contributed by atoms with Gasteiger partial charge in [-0.3, -0.25) is 19.3 Å². The number of imide groups is 1. The zero-order valence-corrected chi connectivity index (χ0v) is 16.8. The van der Waals surface area contributed by atoms with E-state index in [2.05, 4.69) is 0 Å². The van der Waals surface area contributed by atoms with E-state index < -0.39 is 35.5 Å². The fourth-order valence-electron chi connectivity index (χ4n) is 3.71. The molecule has 0 bridgehead atoms. The van der Waals surface area contributed by atoms with Gasteiger partial charge >= 0.3 is 5.97 Å². The number of hydrogen-bond acceptors (Lipinski definition) is 6. The van der Waals surface area contributed by atoms with Crippen LogP contribution in [0.15, 0.2) is 42.5 Å². The molecule has 160 valence electrons. The standard InChI is InChI=1S/C23H20FNO6/c1-13(20(26)14-4-7-16(24)8-5-14)31-23(29)15-6-9-18-19(11-15)22(28)25(21(18)27)12-17-3-2-10-30-17/h4-9,11,13,17H,2-3,10,12H2,1H3. The molecule has 2 aliphatic rings. The van der Waals surface area contributed by atoms with Gasteiger partial charge in [0.05, 0.1) is 29.3 Å². The van der Waals surface area contributed by atoms with Gasteiger partial charge in [0.25, 0.3) is 11.8 Å².